The number of carbonyl (C=O) groups is 3. The summed E-state index contributed by atoms with van der Waals surface area (Å²) in [6.45, 7) is 1.19. The number of nitrogens with zero attached hydrogens (tertiary/aromatic N) is 6. The van der Waals surface area contributed by atoms with Crippen LogP contribution in [0.1, 0.15) is 25.7 Å². The van der Waals surface area contributed by atoms with Crippen LogP contribution in [-0.2, 0) is 14.4 Å². The van der Waals surface area contributed by atoms with E-state index in [1.807, 2.05) is 0 Å². The Hall–Kier alpha value is -3.41. The number of carbonyl (C=O) groups excluding carboxylic acids is 3. The highest BCUT2D eigenvalue weighted by atomic mass is 19.1. The highest BCUT2D eigenvalue weighted by Gasteiger charge is 2.45. The first kappa shape index (κ1) is 22.4. The molecule has 2 fully saturated rings. The minimum atomic E-state index is -0.969. The maximum atomic E-state index is 14.7. The van der Waals surface area contributed by atoms with Gasteiger partial charge in [0.1, 0.15) is 5.83 Å². The van der Waals surface area contributed by atoms with E-state index in [-0.39, 0.29) is 36.5 Å². The molecule has 4 aliphatic rings. The van der Waals surface area contributed by atoms with E-state index >= 15 is 0 Å². The SMILES string of the molecule is N[C@H]1CCCC[C@@H]1C(=O)N1CCN(C(=O)C(=O)C2=CNC3C(n4ccnn4)=NC=C(F)C23)CC1. The standard InChI is InChI=1S/C22H27FN8O3/c23-15-12-26-20(31-6-5-27-28-31)18-17(15)14(11-25-18)19(32)22(34)30-9-7-29(8-10-30)21(33)13-3-1-2-4-16(13)24/h5-6,11-13,16-18,25H,1-4,7-10,24H2/t13-,16-,17?,18?/m0/s1. The van der Waals surface area contributed by atoms with Crippen molar-refractivity contribution in [2.75, 3.05) is 26.2 Å². The minimum Gasteiger partial charge on any atom is -0.380 e. The molecule has 1 aliphatic carbocycles. The van der Waals surface area contributed by atoms with Crippen LogP contribution in [0.5, 0.6) is 0 Å². The van der Waals surface area contributed by atoms with Gasteiger partial charge in [-0.05, 0) is 12.8 Å². The number of ketones is 1. The van der Waals surface area contributed by atoms with Gasteiger partial charge in [0.05, 0.1) is 36.5 Å². The van der Waals surface area contributed by atoms with Gasteiger partial charge in [-0.25, -0.2) is 14.1 Å². The zero-order valence-electron chi connectivity index (χ0n) is 18.6. The van der Waals surface area contributed by atoms with Crippen molar-refractivity contribution < 1.29 is 18.8 Å². The van der Waals surface area contributed by atoms with Crippen LogP contribution in [0, 0.1) is 11.8 Å². The van der Waals surface area contributed by atoms with Crippen molar-refractivity contribution in [1.29, 1.82) is 0 Å². The third-order valence-electron chi connectivity index (χ3n) is 7.11. The average Bonchev–Trinajstić information content (AvgIpc) is 3.55. The number of amides is 2. The van der Waals surface area contributed by atoms with E-state index in [0.29, 0.717) is 18.9 Å². The van der Waals surface area contributed by atoms with Crippen molar-refractivity contribution in [3.05, 3.63) is 36.2 Å². The first-order valence-electron chi connectivity index (χ1n) is 11.6. The summed E-state index contributed by atoms with van der Waals surface area (Å²) in [4.78, 5) is 46.2. The van der Waals surface area contributed by atoms with Gasteiger partial charge in [0, 0.05) is 44.0 Å². The largest absolute Gasteiger partial charge is 0.380 e. The number of aliphatic imine (C=N–C) groups is 1. The van der Waals surface area contributed by atoms with Gasteiger partial charge in [-0.15, -0.1) is 5.10 Å². The van der Waals surface area contributed by atoms with Gasteiger partial charge in [0.25, 0.3) is 5.91 Å². The summed E-state index contributed by atoms with van der Waals surface area (Å²) in [5, 5.41) is 10.6. The summed E-state index contributed by atoms with van der Waals surface area (Å²) in [6, 6.07) is -0.797. The fraction of sp³-hybridized carbons (Fsp3) is 0.545. The molecule has 34 heavy (non-hydrogen) atoms. The molecule has 180 valence electrons. The minimum absolute atomic E-state index is 0.0329. The maximum Gasteiger partial charge on any atom is 0.294 e. The molecule has 12 heteroatoms. The van der Waals surface area contributed by atoms with Crippen LogP contribution < -0.4 is 11.1 Å². The van der Waals surface area contributed by atoms with E-state index < -0.39 is 29.5 Å². The van der Waals surface area contributed by atoms with Gasteiger partial charge in [-0.2, -0.15) is 0 Å². The first-order valence-corrected chi connectivity index (χ1v) is 11.6. The number of piperazine rings is 1. The molecule has 0 radical (unpaired) electrons. The van der Waals surface area contributed by atoms with Crippen molar-refractivity contribution in [3.63, 3.8) is 0 Å². The number of hydrogen-bond donors (Lipinski definition) is 2. The van der Waals surface area contributed by atoms with Crippen LogP contribution >= 0.6 is 0 Å². The monoisotopic (exact) mass is 470 g/mol. The number of fused-ring (bicyclic) bond motifs is 1. The lowest BCUT2D eigenvalue weighted by Crippen LogP contribution is -2.55. The van der Waals surface area contributed by atoms with Crippen LogP contribution in [0.15, 0.2) is 41.2 Å². The molecule has 3 N–H and O–H groups in total. The average molecular weight is 471 g/mol. The molecule has 2 amide bonds. The van der Waals surface area contributed by atoms with Crippen molar-refractivity contribution >= 4 is 23.4 Å². The zero-order chi connectivity index (χ0) is 23.8. The van der Waals surface area contributed by atoms with Crippen LogP contribution in [0.3, 0.4) is 0 Å². The Kier molecular flexibility index (Phi) is 5.98. The maximum absolute atomic E-state index is 14.7. The first-order chi connectivity index (χ1) is 16.5. The lowest BCUT2D eigenvalue weighted by atomic mass is 9.84. The predicted octanol–water partition coefficient (Wildman–Crippen LogP) is -0.421. The van der Waals surface area contributed by atoms with Gasteiger partial charge in [-0.1, -0.05) is 18.1 Å². The zero-order valence-corrected chi connectivity index (χ0v) is 18.6. The van der Waals surface area contributed by atoms with Crippen molar-refractivity contribution in [2.45, 2.75) is 37.8 Å². The predicted molar refractivity (Wildman–Crippen MR) is 119 cm³/mol. The molecule has 4 atom stereocenters. The summed E-state index contributed by atoms with van der Waals surface area (Å²) in [5.41, 5.74) is 6.20. The Morgan fingerprint density at radius 2 is 1.82 bits per heavy atom. The molecule has 4 heterocycles. The molecule has 3 aliphatic heterocycles. The van der Waals surface area contributed by atoms with E-state index in [0.717, 1.165) is 31.9 Å². The Bertz CT molecular complexity index is 1070. The molecule has 1 aromatic rings. The third kappa shape index (κ3) is 3.91. The van der Waals surface area contributed by atoms with Gasteiger partial charge in [0.2, 0.25) is 11.7 Å². The smallest absolute Gasteiger partial charge is 0.294 e. The van der Waals surface area contributed by atoms with E-state index in [9.17, 15) is 18.8 Å². The van der Waals surface area contributed by atoms with Gasteiger partial charge in [0.15, 0.2) is 5.84 Å². The van der Waals surface area contributed by atoms with E-state index in [2.05, 4.69) is 20.6 Å². The summed E-state index contributed by atoms with van der Waals surface area (Å²) < 4.78 is 16.1. The quantitative estimate of drug-likeness (QED) is 0.572. The lowest BCUT2D eigenvalue weighted by molar-refractivity contribution is -0.147. The molecule has 0 spiro atoms. The molecular formula is C22H27FN8O3. The van der Waals surface area contributed by atoms with Gasteiger partial charge < -0.3 is 20.9 Å². The van der Waals surface area contributed by atoms with Gasteiger partial charge >= 0.3 is 0 Å². The Balaban J connectivity index is 1.22. The molecule has 1 saturated heterocycles. The molecule has 2 unspecified atom stereocenters. The Labute approximate surface area is 195 Å². The number of aromatic nitrogens is 3. The summed E-state index contributed by atoms with van der Waals surface area (Å²) in [5.74, 6) is -2.81. The molecule has 1 saturated carbocycles. The fourth-order valence-electron chi connectivity index (χ4n) is 5.20. The van der Waals surface area contributed by atoms with E-state index in [4.69, 9.17) is 5.73 Å². The molecule has 5 rings (SSSR count). The molecule has 11 nitrogen and oxygen atoms in total. The van der Waals surface area contributed by atoms with E-state index in [1.54, 1.807) is 11.1 Å². The number of hydrogen-bond acceptors (Lipinski definition) is 8. The Morgan fingerprint density at radius 3 is 2.53 bits per heavy atom. The number of Topliss-reactive ketones (excluding diaryl/α,β-unsaturated/α-hetero) is 1. The summed E-state index contributed by atoms with van der Waals surface area (Å²) in [6.07, 6.45) is 9.14. The second-order valence-corrected chi connectivity index (χ2v) is 9.07. The number of nitrogens with two attached hydrogens (primary N) is 1. The van der Waals surface area contributed by atoms with Crippen LogP contribution in [0.25, 0.3) is 0 Å². The summed E-state index contributed by atoms with van der Waals surface area (Å²) in [7, 11) is 0. The highest BCUT2D eigenvalue weighted by Crippen LogP contribution is 2.34. The van der Waals surface area contributed by atoms with Crippen LogP contribution in [-0.4, -0.2) is 86.5 Å². The number of rotatable bonds is 3. The van der Waals surface area contributed by atoms with Gasteiger partial charge in [-0.3, -0.25) is 14.4 Å². The molecular weight excluding hydrogens is 443 g/mol. The summed E-state index contributed by atoms with van der Waals surface area (Å²) >= 11 is 0. The lowest BCUT2D eigenvalue weighted by Gasteiger charge is -2.38. The molecule has 0 bridgehead atoms. The number of nitrogens with one attached hydrogen (secondary N) is 1. The number of halogens is 1. The van der Waals surface area contributed by atoms with E-state index in [1.165, 1.54) is 22.0 Å². The Morgan fingerprint density at radius 1 is 1.09 bits per heavy atom. The molecule has 0 aromatic carbocycles. The fourth-order valence-corrected chi connectivity index (χ4v) is 5.20. The van der Waals surface area contributed by atoms with Crippen molar-refractivity contribution in [1.82, 2.24) is 30.1 Å². The molecule has 1 aromatic heterocycles. The topological polar surface area (TPSA) is 139 Å². The van der Waals surface area contributed by atoms with Crippen LogP contribution in [0.2, 0.25) is 0 Å². The van der Waals surface area contributed by atoms with Crippen molar-refractivity contribution in [3.8, 4) is 0 Å². The second kappa shape index (κ2) is 9.09. The van der Waals surface area contributed by atoms with Crippen molar-refractivity contribution in [2.24, 2.45) is 22.6 Å². The van der Waals surface area contributed by atoms with Crippen LogP contribution in [0.4, 0.5) is 4.39 Å². The normalized spacial score (nSPS) is 28.9. The third-order valence-corrected chi connectivity index (χ3v) is 7.11. The second-order valence-electron chi connectivity index (χ2n) is 9.07. The highest BCUT2D eigenvalue weighted by molar-refractivity contribution is 6.43.